The smallest absolute Gasteiger partial charge is 0.195 e. The maximum Gasteiger partial charge on any atom is 0.195 e. The van der Waals surface area contributed by atoms with Gasteiger partial charge in [-0.1, -0.05) is 60.7 Å². The first-order valence-electron chi connectivity index (χ1n) is 6.90. The van der Waals surface area contributed by atoms with Crippen molar-refractivity contribution in [1.29, 1.82) is 0 Å². The highest BCUT2D eigenvalue weighted by atomic mass is 31.2. The normalized spacial score (nSPS) is 11.4. The van der Waals surface area contributed by atoms with Gasteiger partial charge in [-0.05, 0) is 12.1 Å². The van der Waals surface area contributed by atoms with Crippen LogP contribution in [0.3, 0.4) is 0 Å². The monoisotopic (exact) mass is 332 g/mol. The summed E-state index contributed by atoms with van der Waals surface area (Å²) < 4.78 is 55.0. The topological polar surface area (TPSA) is 17.1 Å². The fourth-order valence-corrected chi connectivity index (χ4v) is 5.16. The van der Waals surface area contributed by atoms with Gasteiger partial charge < -0.3 is 4.57 Å². The van der Waals surface area contributed by atoms with Gasteiger partial charge in [0.1, 0.15) is 0 Å². The SMILES string of the molecule is O=P(c1ccccc1)(c1ccccc1)c1ccc(F)c(F)c1F. The Bertz CT molecular complexity index is 836. The van der Waals surface area contributed by atoms with E-state index in [1.165, 1.54) is 0 Å². The number of rotatable bonds is 3. The van der Waals surface area contributed by atoms with Crippen LogP contribution < -0.4 is 15.9 Å². The minimum absolute atomic E-state index is 0.339. The third kappa shape index (κ3) is 2.60. The molecule has 0 aliphatic rings. The van der Waals surface area contributed by atoms with Gasteiger partial charge in [-0.25, -0.2) is 13.2 Å². The zero-order valence-corrected chi connectivity index (χ0v) is 12.8. The van der Waals surface area contributed by atoms with Crippen LogP contribution in [0.1, 0.15) is 0 Å². The van der Waals surface area contributed by atoms with Crippen molar-refractivity contribution >= 4 is 23.1 Å². The molecule has 0 radical (unpaired) electrons. The van der Waals surface area contributed by atoms with Gasteiger partial charge in [-0.15, -0.1) is 0 Å². The lowest BCUT2D eigenvalue weighted by Crippen LogP contribution is -2.28. The molecule has 0 amide bonds. The van der Waals surface area contributed by atoms with Gasteiger partial charge in [0, 0.05) is 10.6 Å². The van der Waals surface area contributed by atoms with Crippen molar-refractivity contribution in [2.75, 3.05) is 0 Å². The molecule has 5 heteroatoms. The van der Waals surface area contributed by atoms with Crippen molar-refractivity contribution in [2.45, 2.75) is 0 Å². The molecule has 0 saturated heterocycles. The van der Waals surface area contributed by atoms with Gasteiger partial charge in [0.2, 0.25) is 0 Å². The van der Waals surface area contributed by atoms with Gasteiger partial charge in [-0.3, -0.25) is 0 Å². The van der Waals surface area contributed by atoms with Crippen LogP contribution in [-0.2, 0) is 4.57 Å². The predicted octanol–water partition coefficient (Wildman–Crippen LogP) is 3.74. The summed E-state index contributed by atoms with van der Waals surface area (Å²) >= 11 is 0. The molecule has 0 saturated carbocycles. The van der Waals surface area contributed by atoms with Gasteiger partial charge in [0.25, 0.3) is 0 Å². The second kappa shape index (κ2) is 6.05. The Hall–Kier alpha value is -2.32. The van der Waals surface area contributed by atoms with Crippen LogP contribution in [0.15, 0.2) is 72.8 Å². The zero-order chi connectivity index (χ0) is 16.4. The summed E-state index contributed by atoms with van der Waals surface area (Å²) in [6.07, 6.45) is 0. The molecule has 1 nitrogen and oxygen atoms in total. The molecule has 3 rings (SSSR count). The fourth-order valence-electron chi connectivity index (χ4n) is 2.46. The van der Waals surface area contributed by atoms with E-state index < -0.39 is 24.6 Å². The van der Waals surface area contributed by atoms with Gasteiger partial charge >= 0.3 is 0 Å². The van der Waals surface area contributed by atoms with E-state index in [4.69, 9.17) is 0 Å². The van der Waals surface area contributed by atoms with Crippen LogP contribution in [0.5, 0.6) is 0 Å². The summed E-state index contributed by atoms with van der Waals surface area (Å²) in [5.41, 5.74) is 0. The van der Waals surface area contributed by atoms with Crippen molar-refractivity contribution in [3.63, 3.8) is 0 Å². The number of benzene rings is 3. The third-order valence-electron chi connectivity index (χ3n) is 3.59. The molecule has 0 N–H and O–H groups in total. The van der Waals surface area contributed by atoms with Gasteiger partial charge in [0.15, 0.2) is 24.6 Å². The summed E-state index contributed by atoms with van der Waals surface area (Å²) in [6.45, 7) is 0. The molecule has 23 heavy (non-hydrogen) atoms. The van der Waals surface area contributed by atoms with E-state index in [2.05, 4.69) is 0 Å². The highest BCUT2D eigenvalue weighted by Gasteiger charge is 2.34. The van der Waals surface area contributed by atoms with Crippen molar-refractivity contribution in [2.24, 2.45) is 0 Å². The number of hydrogen-bond acceptors (Lipinski definition) is 1. The molecular formula is C18H12F3OP. The van der Waals surface area contributed by atoms with E-state index in [0.29, 0.717) is 10.6 Å². The van der Waals surface area contributed by atoms with Gasteiger partial charge in [-0.2, -0.15) is 0 Å². The molecule has 3 aromatic rings. The molecule has 116 valence electrons. The highest BCUT2D eigenvalue weighted by molar-refractivity contribution is 7.85. The van der Waals surface area contributed by atoms with Crippen molar-refractivity contribution in [1.82, 2.24) is 0 Å². The number of hydrogen-bond donors (Lipinski definition) is 0. The van der Waals surface area contributed by atoms with E-state index in [1.54, 1.807) is 60.7 Å². The lowest BCUT2D eigenvalue weighted by atomic mass is 10.3. The van der Waals surface area contributed by atoms with E-state index in [-0.39, 0.29) is 5.30 Å². The quantitative estimate of drug-likeness (QED) is 0.527. The van der Waals surface area contributed by atoms with E-state index in [1.807, 2.05) is 0 Å². The van der Waals surface area contributed by atoms with Crippen molar-refractivity contribution in [3.05, 3.63) is 90.2 Å². The molecule has 0 aliphatic heterocycles. The lowest BCUT2D eigenvalue weighted by Gasteiger charge is -2.20. The third-order valence-corrected chi connectivity index (χ3v) is 6.67. The van der Waals surface area contributed by atoms with Crippen molar-refractivity contribution < 1.29 is 17.7 Å². The maximum absolute atomic E-state index is 14.3. The second-order valence-electron chi connectivity index (χ2n) is 4.97. The molecule has 0 aliphatic carbocycles. The average molecular weight is 332 g/mol. The summed E-state index contributed by atoms with van der Waals surface area (Å²) in [4.78, 5) is 0. The van der Waals surface area contributed by atoms with Crippen LogP contribution in [0.2, 0.25) is 0 Å². The molecular weight excluding hydrogens is 320 g/mol. The van der Waals surface area contributed by atoms with Crippen molar-refractivity contribution in [3.8, 4) is 0 Å². The molecule has 0 aromatic heterocycles. The Balaban J connectivity index is 2.35. The Morgan fingerprint density at radius 1 is 0.609 bits per heavy atom. The van der Waals surface area contributed by atoms with Gasteiger partial charge in [0.05, 0.1) is 5.30 Å². The van der Waals surface area contributed by atoms with Crippen LogP contribution in [0, 0.1) is 17.5 Å². The molecule has 0 fully saturated rings. The fraction of sp³-hybridized carbons (Fsp3) is 0. The van der Waals surface area contributed by atoms with E-state index >= 15 is 0 Å². The number of halogens is 3. The van der Waals surface area contributed by atoms with Crippen LogP contribution >= 0.6 is 7.14 Å². The zero-order valence-electron chi connectivity index (χ0n) is 11.9. The summed E-state index contributed by atoms with van der Waals surface area (Å²) in [5.74, 6) is -4.34. The Kier molecular flexibility index (Phi) is 4.10. The minimum Gasteiger partial charge on any atom is -0.309 e. The van der Waals surface area contributed by atoms with E-state index in [9.17, 15) is 17.7 Å². The van der Waals surface area contributed by atoms with Crippen LogP contribution in [-0.4, -0.2) is 0 Å². The average Bonchev–Trinajstić information content (AvgIpc) is 2.61. The Morgan fingerprint density at radius 3 is 1.57 bits per heavy atom. The molecule has 3 aromatic carbocycles. The standard InChI is InChI=1S/C18H12F3OP/c19-15-11-12-16(18(21)17(15)20)23(22,13-7-3-1-4-8-13)14-9-5-2-6-10-14/h1-12H. The lowest BCUT2D eigenvalue weighted by molar-refractivity contribution is 0.450. The largest absolute Gasteiger partial charge is 0.309 e. The molecule has 0 bridgehead atoms. The maximum atomic E-state index is 14.3. The first kappa shape index (κ1) is 15.6. The summed E-state index contributed by atoms with van der Waals surface area (Å²) in [5, 5.41) is 0.376. The minimum atomic E-state index is -3.64. The first-order chi connectivity index (χ1) is 11.0. The molecule has 0 heterocycles. The molecule has 0 spiro atoms. The molecule has 0 atom stereocenters. The summed E-state index contributed by atoms with van der Waals surface area (Å²) in [6, 6.07) is 18.4. The van der Waals surface area contributed by atoms with Crippen LogP contribution in [0.25, 0.3) is 0 Å². The first-order valence-corrected chi connectivity index (χ1v) is 8.61. The van der Waals surface area contributed by atoms with Crippen LogP contribution in [0.4, 0.5) is 13.2 Å². The highest BCUT2D eigenvalue weighted by Crippen LogP contribution is 2.43. The van der Waals surface area contributed by atoms with E-state index in [0.717, 1.165) is 12.1 Å². The molecule has 0 unspecified atom stereocenters. The second-order valence-corrected chi connectivity index (χ2v) is 7.71. The Morgan fingerprint density at radius 2 is 1.09 bits per heavy atom. The predicted molar refractivity (Wildman–Crippen MR) is 85.7 cm³/mol. The Labute approximate surface area is 131 Å². The summed E-state index contributed by atoms with van der Waals surface area (Å²) in [7, 11) is -3.64.